The summed E-state index contributed by atoms with van der Waals surface area (Å²) in [4.78, 5) is 16.5. The van der Waals surface area contributed by atoms with Crippen LogP contribution >= 0.6 is 22.9 Å². The Labute approximate surface area is 164 Å². The van der Waals surface area contributed by atoms with Gasteiger partial charge >= 0.3 is 0 Å². The molecule has 0 bridgehead atoms. The number of hydrogen-bond donors (Lipinski definition) is 1. The van der Waals surface area contributed by atoms with Gasteiger partial charge in [-0.25, -0.2) is 0 Å². The lowest BCUT2D eigenvalue weighted by molar-refractivity contribution is 0.102. The van der Waals surface area contributed by atoms with Crippen molar-refractivity contribution in [1.82, 2.24) is 15.2 Å². The zero-order valence-corrected chi connectivity index (χ0v) is 15.9. The number of rotatable bonds is 4. The molecule has 0 saturated carbocycles. The SMILES string of the molecule is Cc1cnccc1C(=O)Nc1ccc(C2C=CC=CC2(Cl)c2nnco2)s1. The van der Waals surface area contributed by atoms with Gasteiger partial charge in [0.05, 0.1) is 5.00 Å². The Morgan fingerprint density at radius 1 is 1.33 bits per heavy atom. The molecule has 0 radical (unpaired) electrons. The molecule has 0 fully saturated rings. The lowest BCUT2D eigenvalue weighted by Gasteiger charge is -2.28. The van der Waals surface area contributed by atoms with Crippen LogP contribution in [0, 0.1) is 6.92 Å². The lowest BCUT2D eigenvalue weighted by atomic mass is 9.86. The minimum Gasteiger partial charge on any atom is -0.426 e. The van der Waals surface area contributed by atoms with Crippen molar-refractivity contribution in [3.8, 4) is 0 Å². The normalized spacial score (nSPS) is 21.3. The molecule has 2 atom stereocenters. The van der Waals surface area contributed by atoms with E-state index in [1.807, 2.05) is 43.4 Å². The smallest absolute Gasteiger partial charge is 0.256 e. The third kappa shape index (κ3) is 3.31. The molecule has 3 aromatic rings. The fourth-order valence-electron chi connectivity index (χ4n) is 2.96. The summed E-state index contributed by atoms with van der Waals surface area (Å²) in [6, 6.07) is 5.51. The Hall–Kier alpha value is -2.77. The molecule has 136 valence electrons. The standard InChI is InChI=1S/C19H15ClN4O2S/c1-12-10-21-9-7-13(12)17(25)23-16-6-5-15(27-16)14-4-2-3-8-19(14,20)18-24-22-11-26-18/h2-11,14H,1H3,(H,23,25). The fraction of sp³-hybridized carbons (Fsp3) is 0.158. The largest absolute Gasteiger partial charge is 0.426 e. The van der Waals surface area contributed by atoms with Crippen LogP contribution in [0.15, 0.2) is 65.7 Å². The molecule has 0 spiro atoms. The van der Waals surface area contributed by atoms with Crippen molar-refractivity contribution >= 4 is 33.8 Å². The average molecular weight is 399 g/mol. The number of hydrogen-bond acceptors (Lipinski definition) is 6. The van der Waals surface area contributed by atoms with Gasteiger partial charge in [-0.2, -0.15) is 0 Å². The van der Waals surface area contributed by atoms with Crippen LogP contribution in [0.4, 0.5) is 5.00 Å². The molecule has 27 heavy (non-hydrogen) atoms. The van der Waals surface area contributed by atoms with Crippen LogP contribution < -0.4 is 5.32 Å². The van der Waals surface area contributed by atoms with Gasteiger partial charge in [-0.15, -0.1) is 33.1 Å². The van der Waals surface area contributed by atoms with Crippen LogP contribution in [-0.4, -0.2) is 21.1 Å². The number of amides is 1. The summed E-state index contributed by atoms with van der Waals surface area (Å²) in [7, 11) is 0. The van der Waals surface area contributed by atoms with E-state index in [-0.39, 0.29) is 11.8 Å². The van der Waals surface area contributed by atoms with Gasteiger partial charge in [0.25, 0.3) is 5.91 Å². The highest BCUT2D eigenvalue weighted by Crippen LogP contribution is 2.48. The van der Waals surface area contributed by atoms with E-state index >= 15 is 0 Å². The van der Waals surface area contributed by atoms with Crippen molar-refractivity contribution in [3.05, 3.63) is 83.2 Å². The molecule has 6 nitrogen and oxygen atoms in total. The zero-order chi connectivity index (χ0) is 18.9. The van der Waals surface area contributed by atoms with E-state index in [0.29, 0.717) is 11.5 Å². The summed E-state index contributed by atoms with van der Waals surface area (Å²) in [6.45, 7) is 1.85. The third-order valence-electron chi connectivity index (χ3n) is 4.33. The summed E-state index contributed by atoms with van der Waals surface area (Å²) in [6.07, 6.45) is 12.1. The van der Waals surface area contributed by atoms with E-state index in [1.54, 1.807) is 18.5 Å². The lowest BCUT2D eigenvalue weighted by Crippen LogP contribution is -2.25. The van der Waals surface area contributed by atoms with Gasteiger partial charge in [0, 0.05) is 28.8 Å². The first-order chi connectivity index (χ1) is 13.1. The number of anilines is 1. The monoisotopic (exact) mass is 398 g/mol. The van der Waals surface area contributed by atoms with Crippen LogP contribution in [-0.2, 0) is 4.87 Å². The molecular weight excluding hydrogens is 384 g/mol. The number of pyridine rings is 1. The molecule has 1 aliphatic rings. The quantitative estimate of drug-likeness (QED) is 0.657. The third-order valence-corrected chi connectivity index (χ3v) is 5.94. The van der Waals surface area contributed by atoms with Crippen molar-refractivity contribution in [2.45, 2.75) is 17.7 Å². The van der Waals surface area contributed by atoms with Crippen molar-refractivity contribution in [2.24, 2.45) is 0 Å². The summed E-state index contributed by atoms with van der Waals surface area (Å²) in [5.74, 6) is -0.0273. The van der Waals surface area contributed by atoms with Crippen molar-refractivity contribution in [1.29, 1.82) is 0 Å². The molecule has 4 rings (SSSR count). The Morgan fingerprint density at radius 3 is 3.00 bits per heavy atom. The summed E-state index contributed by atoms with van der Waals surface area (Å²) in [5, 5.41) is 11.4. The van der Waals surface area contributed by atoms with E-state index in [2.05, 4.69) is 20.5 Å². The molecule has 0 aliphatic heterocycles. The van der Waals surface area contributed by atoms with Gasteiger partial charge in [0.2, 0.25) is 12.3 Å². The number of allylic oxidation sites excluding steroid dienone is 4. The number of alkyl halides is 1. The van der Waals surface area contributed by atoms with Crippen LogP contribution in [0.2, 0.25) is 0 Å². The maximum Gasteiger partial charge on any atom is 0.256 e. The topological polar surface area (TPSA) is 80.9 Å². The summed E-state index contributed by atoms with van der Waals surface area (Å²) in [5.41, 5.74) is 1.42. The molecule has 1 aliphatic carbocycles. The van der Waals surface area contributed by atoms with Crippen LogP contribution in [0.3, 0.4) is 0 Å². The molecule has 3 heterocycles. The second-order valence-corrected chi connectivity index (χ2v) is 7.82. The predicted molar refractivity (Wildman–Crippen MR) is 104 cm³/mol. The molecular formula is C19H15ClN4O2S. The van der Waals surface area contributed by atoms with E-state index in [1.165, 1.54) is 17.7 Å². The van der Waals surface area contributed by atoms with Gasteiger partial charge in [0.1, 0.15) is 0 Å². The first-order valence-corrected chi connectivity index (χ1v) is 9.40. The number of nitrogens with zero attached hydrogens (tertiary/aromatic N) is 3. The first kappa shape index (κ1) is 17.6. The first-order valence-electron chi connectivity index (χ1n) is 8.21. The number of nitrogens with one attached hydrogen (secondary N) is 1. The molecule has 1 N–H and O–H groups in total. The number of carbonyl (C=O) groups is 1. The molecule has 3 aromatic heterocycles. The van der Waals surface area contributed by atoms with E-state index in [9.17, 15) is 4.79 Å². The number of aryl methyl sites for hydroxylation is 1. The maximum atomic E-state index is 12.5. The number of thiophene rings is 1. The Morgan fingerprint density at radius 2 is 2.22 bits per heavy atom. The minimum atomic E-state index is -0.959. The Bertz CT molecular complexity index is 1030. The Kier molecular flexibility index (Phi) is 4.63. The van der Waals surface area contributed by atoms with Crippen LogP contribution in [0.1, 0.15) is 32.6 Å². The molecule has 1 amide bonds. The zero-order valence-electron chi connectivity index (χ0n) is 14.3. The van der Waals surface area contributed by atoms with Crippen molar-refractivity contribution < 1.29 is 9.21 Å². The van der Waals surface area contributed by atoms with Crippen LogP contribution in [0.5, 0.6) is 0 Å². The second kappa shape index (κ2) is 7.09. The minimum absolute atomic E-state index is 0.170. The number of aromatic nitrogens is 3. The molecule has 0 aromatic carbocycles. The summed E-state index contributed by atoms with van der Waals surface area (Å²) < 4.78 is 5.36. The highest BCUT2D eigenvalue weighted by Gasteiger charge is 2.42. The van der Waals surface area contributed by atoms with Crippen molar-refractivity contribution in [3.63, 3.8) is 0 Å². The maximum absolute atomic E-state index is 12.5. The predicted octanol–water partition coefficient (Wildman–Crippen LogP) is 4.43. The van der Waals surface area contributed by atoms with Gasteiger partial charge in [-0.1, -0.05) is 24.3 Å². The molecule has 0 saturated heterocycles. The van der Waals surface area contributed by atoms with E-state index in [4.69, 9.17) is 16.0 Å². The average Bonchev–Trinajstić information content (AvgIpc) is 3.35. The number of halogens is 1. The van der Waals surface area contributed by atoms with Gasteiger partial charge < -0.3 is 9.73 Å². The van der Waals surface area contributed by atoms with E-state index in [0.717, 1.165) is 15.4 Å². The van der Waals surface area contributed by atoms with Gasteiger partial charge in [-0.3, -0.25) is 9.78 Å². The van der Waals surface area contributed by atoms with Gasteiger partial charge in [-0.05, 0) is 30.7 Å². The van der Waals surface area contributed by atoms with Crippen molar-refractivity contribution in [2.75, 3.05) is 5.32 Å². The van der Waals surface area contributed by atoms with Crippen LogP contribution in [0.25, 0.3) is 0 Å². The van der Waals surface area contributed by atoms with E-state index < -0.39 is 4.87 Å². The summed E-state index contributed by atoms with van der Waals surface area (Å²) >= 11 is 8.31. The van der Waals surface area contributed by atoms with Gasteiger partial charge in [0.15, 0.2) is 4.87 Å². The fourth-order valence-corrected chi connectivity index (χ4v) is 4.43. The molecule has 2 unspecified atom stereocenters. The molecule has 8 heteroatoms. The highest BCUT2D eigenvalue weighted by atomic mass is 35.5. The highest BCUT2D eigenvalue weighted by molar-refractivity contribution is 7.16. The Balaban J connectivity index is 1.59. The second-order valence-electron chi connectivity index (χ2n) is 6.08. The number of carbonyl (C=O) groups excluding carboxylic acids is 1.